The molecule has 0 fully saturated rings. The number of carbonyl (C=O) groups excluding carboxylic acids is 2. The van der Waals surface area contributed by atoms with E-state index >= 15 is 0 Å². The highest BCUT2D eigenvalue weighted by Crippen LogP contribution is 2.33. The fourth-order valence-electron chi connectivity index (χ4n) is 2.64. The lowest BCUT2D eigenvalue weighted by Gasteiger charge is -2.20. The number of imidazole rings is 1. The van der Waals surface area contributed by atoms with Gasteiger partial charge in [0.1, 0.15) is 6.04 Å². The summed E-state index contributed by atoms with van der Waals surface area (Å²) in [5, 5.41) is 5.50. The van der Waals surface area contributed by atoms with E-state index in [1.165, 1.54) is 24.7 Å². The number of alkyl halides is 2. The molecule has 0 unspecified atom stereocenters. The SMILES string of the molecule is Cc1nc(NC(=O)[C@H](NC(=O)c2ccco2)C(C)C)sc1-c1nccn1C(F)F. The minimum absolute atomic E-state index is 0.0713. The topological polar surface area (TPSA) is 102 Å². The Hall–Kier alpha value is -3.08. The van der Waals surface area contributed by atoms with Crippen LogP contribution in [0, 0.1) is 12.8 Å². The molecule has 2 N–H and O–H groups in total. The van der Waals surface area contributed by atoms with Crippen LogP contribution in [0.4, 0.5) is 13.9 Å². The third kappa shape index (κ3) is 4.50. The Morgan fingerprint density at radius 3 is 2.69 bits per heavy atom. The predicted molar refractivity (Wildman–Crippen MR) is 103 cm³/mol. The summed E-state index contributed by atoms with van der Waals surface area (Å²) < 4.78 is 32.0. The lowest BCUT2D eigenvalue weighted by molar-refractivity contribution is -0.118. The van der Waals surface area contributed by atoms with E-state index in [9.17, 15) is 18.4 Å². The second kappa shape index (κ2) is 8.52. The number of thiazole rings is 1. The first kappa shape index (κ1) is 20.6. The lowest BCUT2D eigenvalue weighted by Crippen LogP contribution is -2.47. The van der Waals surface area contributed by atoms with Gasteiger partial charge in [0.05, 0.1) is 16.8 Å². The number of carbonyl (C=O) groups is 2. The first-order valence-corrected chi connectivity index (χ1v) is 9.53. The maximum absolute atomic E-state index is 13.1. The maximum Gasteiger partial charge on any atom is 0.320 e. The van der Waals surface area contributed by atoms with Gasteiger partial charge < -0.3 is 15.1 Å². The molecule has 3 aromatic rings. The monoisotopic (exact) mass is 423 g/mol. The van der Waals surface area contributed by atoms with Crippen molar-refractivity contribution < 1.29 is 22.8 Å². The van der Waals surface area contributed by atoms with Crippen LogP contribution in [0.5, 0.6) is 0 Å². The number of amides is 2. The Balaban J connectivity index is 1.77. The zero-order valence-electron chi connectivity index (χ0n) is 15.8. The third-order valence-corrected chi connectivity index (χ3v) is 5.16. The molecule has 11 heteroatoms. The number of nitrogens with one attached hydrogen (secondary N) is 2. The molecular formula is C18H19F2N5O3S. The Morgan fingerprint density at radius 2 is 2.07 bits per heavy atom. The molecule has 154 valence electrons. The Labute approximate surface area is 169 Å². The quantitative estimate of drug-likeness (QED) is 0.603. The van der Waals surface area contributed by atoms with E-state index in [1.54, 1.807) is 26.8 Å². The lowest BCUT2D eigenvalue weighted by atomic mass is 10.0. The fraction of sp³-hybridized carbons (Fsp3) is 0.333. The van der Waals surface area contributed by atoms with E-state index in [-0.39, 0.29) is 22.6 Å². The van der Waals surface area contributed by atoms with Gasteiger partial charge in [-0.25, -0.2) is 9.97 Å². The summed E-state index contributed by atoms with van der Waals surface area (Å²) in [5.41, 5.74) is 0.458. The molecule has 0 spiro atoms. The second-order valence-corrected chi connectivity index (χ2v) is 7.53. The van der Waals surface area contributed by atoms with Gasteiger partial charge in [0.2, 0.25) is 5.91 Å². The largest absolute Gasteiger partial charge is 0.459 e. The number of hydrogen-bond acceptors (Lipinski definition) is 6. The molecule has 0 aliphatic carbocycles. The average molecular weight is 423 g/mol. The van der Waals surface area contributed by atoms with Gasteiger partial charge in [-0.15, -0.1) is 0 Å². The zero-order valence-corrected chi connectivity index (χ0v) is 16.7. The van der Waals surface area contributed by atoms with Crippen LogP contribution in [0.2, 0.25) is 0 Å². The summed E-state index contributed by atoms with van der Waals surface area (Å²) >= 11 is 1.03. The molecular weight excluding hydrogens is 404 g/mol. The van der Waals surface area contributed by atoms with E-state index in [1.807, 2.05) is 0 Å². The highest BCUT2D eigenvalue weighted by molar-refractivity contribution is 7.19. The van der Waals surface area contributed by atoms with Crippen molar-refractivity contribution in [2.45, 2.75) is 33.4 Å². The van der Waals surface area contributed by atoms with Gasteiger partial charge in [-0.2, -0.15) is 8.78 Å². The molecule has 3 heterocycles. The normalized spacial score (nSPS) is 12.4. The van der Waals surface area contributed by atoms with Crippen LogP contribution >= 0.6 is 11.3 Å². The number of aryl methyl sites for hydroxylation is 1. The molecule has 0 aliphatic heterocycles. The molecule has 0 saturated carbocycles. The number of nitrogens with zero attached hydrogens (tertiary/aromatic N) is 3. The van der Waals surface area contributed by atoms with E-state index in [2.05, 4.69) is 20.6 Å². The number of anilines is 1. The Bertz CT molecular complexity index is 997. The van der Waals surface area contributed by atoms with Crippen LogP contribution in [-0.4, -0.2) is 32.4 Å². The predicted octanol–water partition coefficient (Wildman–Crippen LogP) is 3.70. The molecule has 0 saturated heterocycles. The minimum atomic E-state index is -2.74. The Morgan fingerprint density at radius 1 is 1.31 bits per heavy atom. The number of halogens is 2. The van der Waals surface area contributed by atoms with Crippen molar-refractivity contribution in [3.05, 3.63) is 42.2 Å². The first-order valence-electron chi connectivity index (χ1n) is 8.72. The van der Waals surface area contributed by atoms with Crippen molar-refractivity contribution in [2.24, 2.45) is 5.92 Å². The molecule has 3 rings (SSSR count). The van der Waals surface area contributed by atoms with Gasteiger partial charge in [0, 0.05) is 12.4 Å². The second-order valence-electron chi connectivity index (χ2n) is 6.53. The summed E-state index contributed by atoms with van der Waals surface area (Å²) in [7, 11) is 0. The fourth-order valence-corrected chi connectivity index (χ4v) is 3.61. The zero-order chi connectivity index (χ0) is 21.1. The molecule has 29 heavy (non-hydrogen) atoms. The summed E-state index contributed by atoms with van der Waals surface area (Å²) in [6, 6.07) is 2.22. The molecule has 0 aromatic carbocycles. The van der Waals surface area contributed by atoms with E-state index in [0.717, 1.165) is 15.9 Å². The van der Waals surface area contributed by atoms with Crippen molar-refractivity contribution in [1.29, 1.82) is 0 Å². The standard InChI is InChI=1S/C18H19F2N5O3S/c1-9(2)12(23-15(26)11-5-4-8-28-11)16(27)24-18-22-10(3)13(29-18)14-21-6-7-25(14)17(19)20/h4-9,12,17H,1-3H3,(H,23,26)(H,22,24,27)/t12-/m1/s1. The Kier molecular flexibility index (Phi) is 6.06. The van der Waals surface area contributed by atoms with Gasteiger partial charge in [-0.05, 0) is 25.0 Å². The molecule has 8 nitrogen and oxygen atoms in total. The van der Waals surface area contributed by atoms with Crippen molar-refractivity contribution in [3.63, 3.8) is 0 Å². The van der Waals surface area contributed by atoms with Gasteiger partial charge in [-0.1, -0.05) is 25.2 Å². The summed E-state index contributed by atoms with van der Waals surface area (Å²) in [6.07, 6.45) is 3.82. The highest BCUT2D eigenvalue weighted by atomic mass is 32.1. The van der Waals surface area contributed by atoms with Crippen LogP contribution in [0.25, 0.3) is 10.7 Å². The molecule has 2 amide bonds. The molecule has 0 radical (unpaired) electrons. The van der Waals surface area contributed by atoms with Gasteiger partial charge >= 0.3 is 6.55 Å². The minimum Gasteiger partial charge on any atom is -0.459 e. The molecule has 1 atom stereocenters. The van der Waals surface area contributed by atoms with Gasteiger partial charge in [0.25, 0.3) is 5.91 Å². The first-order chi connectivity index (χ1) is 13.8. The van der Waals surface area contributed by atoms with Crippen LogP contribution in [0.3, 0.4) is 0 Å². The van der Waals surface area contributed by atoms with Crippen molar-refractivity contribution in [3.8, 4) is 10.7 Å². The van der Waals surface area contributed by atoms with E-state index in [4.69, 9.17) is 4.42 Å². The summed E-state index contributed by atoms with van der Waals surface area (Å²) in [5.74, 6) is -1.04. The van der Waals surface area contributed by atoms with Gasteiger partial charge in [0.15, 0.2) is 16.7 Å². The summed E-state index contributed by atoms with van der Waals surface area (Å²) in [6.45, 7) is 2.47. The third-order valence-electron chi connectivity index (χ3n) is 4.09. The smallest absolute Gasteiger partial charge is 0.320 e. The number of hydrogen-bond donors (Lipinski definition) is 2. The van der Waals surface area contributed by atoms with Crippen molar-refractivity contribution >= 4 is 28.3 Å². The molecule has 3 aromatic heterocycles. The van der Waals surface area contributed by atoms with Crippen LogP contribution < -0.4 is 10.6 Å². The van der Waals surface area contributed by atoms with E-state index < -0.39 is 24.4 Å². The van der Waals surface area contributed by atoms with Crippen molar-refractivity contribution in [1.82, 2.24) is 19.9 Å². The highest BCUT2D eigenvalue weighted by Gasteiger charge is 2.27. The number of aromatic nitrogens is 3. The van der Waals surface area contributed by atoms with Crippen molar-refractivity contribution in [2.75, 3.05) is 5.32 Å². The number of rotatable bonds is 7. The maximum atomic E-state index is 13.1. The van der Waals surface area contributed by atoms with Crippen LogP contribution in [-0.2, 0) is 4.79 Å². The average Bonchev–Trinajstić information content (AvgIpc) is 3.39. The van der Waals surface area contributed by atoms with Gasteiger partial charge in [-0.3, -0.25) is 14.2 Å². The van der Waals surface area contributed by atoms with Crippen LogP contribution in [0.15, 0.2) is 35.2 Å². The van der Waals surface area contributed by atoms with Crippen LogP contribution in [0.1, 0.15) is 36.6 Å². The van der Waals surface area contributed by atoms with E-state index in [0.29, 0.717) is 10.6 Å². The molecule has 0 aliphatic rings. The number of furan rings is 1. The molecule has 0 bridgehead atoms. The summed E-state index contributed by atoms with van der Waals surface area (Å²) in [4.78, 5) is 33.5.